The fraction of sp³-hybridized carbons (Fsp3) is 0.143. The molecule has 51 heavy (non-hydrogen) atoms. The molecule has 0 spiro atoms. The van der Waals surface area contributed by atoms with Gasteiger partial charge in [-0.05, 0) is 72.8 Å². The van der Waals surface area contributed by atoms with Crippen LogP contribution in [0.25, 0.3) is 0 Å². The molecule has 0 saturated heterocycles. The number of aliphatic hydroxyl groups excluding tert-OH is 2. The van der Waals surface area contributed by atoms with Crippen molar-refractivity contribution in [2.24, 2.45) is 0 Å². The summed E-state index contributed by atoms with van der Waals surface area (Å²) in [5, 5.41) is 27.3. The van der Waals surface area contributed by atoms with Gasteiger partial charge in [0.1, 0.15) is 46.4 Å². The maximum Gasteiger partial charge on any atom is 0.112 e. The monoisotopic (exact) mass is 738 g/mol. The number of rotatable bonds is 12. The zero-order valence-corrected chi connectivity index (χ0v) is 31.0. The van der Waals surface area contributed by atoms with Crippen LogP contribution in [0.4, 0.5) is 0 Å². The number of benzene rings is 6. The van der Waals surface area contributed by atoms with Crippen molar-refractivity contribution in [2.75, 3.05) is 25.5 Å². The van der Waals surface area contributed by atoms with Crippen molar-refractivity contribution in [1.82, 2.24) is 0 Å². The van der Waals surface area contributed by atoms with Crippen LogP contribution < -0.4 is 31.8 Å². The molecule has 0 unspecified atom stereocenters. The molecule has 264 valence electrons. The lowest BCUT2D eigenvalue weighted by Gasteiger charge is -2.27. The summed E-state index contributed by atoms with van der Waals surface area (Å²) in [6, 6.07) is 64.8. The minimum absolute atomic E-state index is 0.230. The van der Waals surface area contributed by atoms with E-state index in [0.717, 1.165) is 25.2 Å². The molecule has 0 fully saturated rings. The molecule has 0 atom stereocenters. The van der Waals surface area contributed by atoms with Crippen LogP contribution in [-0.2, 0) is 10.4 Å². The fourth-order valence-corrected chi connectivity index (χ4v) is 15.0. The van der Waals surface area contributed by atoms with Gasteiger partial charge in [-0.15, -0.1) is 0 Å². The fourth-order valence-electron chi connectivity index (χ4n) is 6.38. The van der Waals surface area contributed by atoms with E-state index in [1.807, 2.05) is 0 Å². The highest BCUT2D eigenvalue weighted by molar-refractivity contribution is 7.96. The van der Waals surface area contributed by atoms with Crippen molar-refractivity contribution in [3.05, 3.63) is 182 Å². The van der Waals surface area contributed by atoms with Gasteiger partial charge in [0.2, 0.25) is 0 Å². The second kappa shape index (κ2) is 20.1. The second-order valence-electron chi connectivity index (χ2n) is 11.6. The van der Waals surface area contributed by atoms with Gasteiger partial charge in [-0.1, -0.05) is 109 Å². The zero-order chi connectivity index (χ0) is 36.4. The molecular weight excluding hydrogens is 694 g/mol. The maximum absolute atomic E-state index is 9.49. The first-order valence-corrected chi connectivity index (χ1v) is 22.0. The van der Waals surface area contributed by atoms with Gasteiger partial charge in [0.25, 0.3) is 0 Å². The Hall–Kier alpha value is -4.03. The van der Waals surface area contributed by atoms with E-state index in [-0.39, 0.29) is 13.2 Å². The molecule has 6 rings (SSSR count). The number of aliphatic hydroxyl groups is 2. The third-order valence-corrected chi connectivity index (χ3v) is 17.5. The Kier molecular flexibility index (Phi) is 15.7. The van der Waals surface area contributed by atoms with Crippen LogP contribution in [0.3, 0.4) is 0 Å². The SMILES string of the molecule is O=S(=O)([O-])[O-].OCCC[P+](c1ccccc1)(c1ccccc1)c1ccccc1.OCCC[P+](c1ccccc1)(c1ccccc1)c1ccccc1. The van der Waals surface area contributed by atoms with Gasteiger partial charge < -0.3 is 19.3 Å². The summed E-state index contributed by atoms with van der Waals surface area (Å²) in [7, 11) is -8.63. The van der Waals surface area contributed by atoms with Crippen LogP contribution in [0, 0.1) is 0 Å². The summed E-state index contributed by atoms with van der Waals surface area (Å²) >= 11 is 0. The van der Waals surface area contributed by atoms with Crippen molar-refractivity contribution >= 4 is 56.8 Å². The van der Waals surface area contributed by atoms with E-state index in [2.05, 4.69) is 182 Å². The molecule has 0 amide bonds. The summed E-state index contributed by atoms with van der Waals surface area (Å²) in [4.78, 5) is 0. The van der Waals surface area contributed by atoms with Gasteiger partial charge in [0.15, 0.2) is 0 Å². The first-order valence-electron chi connectivity index (χ1n) is 16.7. The molecule has 0 radical (unpaired) electrons. The minimum Gasteiger partial charge on any atom is -0.759 e. The Morgan fingerprint density at radius 3 is 0.667 bits per heavy atom. The maximum atomic E-state index is 9.49. The third-order valence-electron chi connectivity index (χ3n) is 8.49. The lowest BCUT2D eigenvalue weighted by Crippen LogP contribution is -2.33. The predicted molar refractivity (Wildman–Crippen MR) is 214 cm³/mol. The molecule has 2 N–H and O–H groups in total. The average Bonchev–Trinajstić information content (AvgIpc) is 3.18. The van der Waals surface area contributed by atoms with Gasteiger partial charge in [0.05, 0.1) is 12.3 Å². The van der Waals surface area contributed by atoms with Crippen molar-refractivity contribution in [2.45, 2.75) is 12.8 Å². The van der Waals surface area contributed by atoms with Crippen LogP contribution in [0.1, 0.15) is 12.8 Å². The van der Waals surface area contributed by atoms with Gasteiger partial charge in [0, 0.05) is 36.5 Å². The first kappa shape index (κ1) is 39.8. The first-order chi connectivity index (χ1) is 24.8. The van der Waals surface area contributed by atoms with Crippen molar-refractivity contribution < 1.29 is 27.7 Å². The summed E-state index contributed by atoms with van der Waals surface area (Å²) in [6.07, 6.45) is 3.60. The smallest absolute Gasteiger partial charge is 0.112 e. The highest BCUT2D eigenvalue weighted by Crippen LogP contribution is 2.56. The molecule has 6 aromatic rings. The molecule has 0 aliphatic carbocycles. The highest BCUT2D eigenvalue weighted by Gasteiger charge is 2.45. The standard InChI is InChI=1S/2C21H22OP.H2O4S/c2*22-17-10-18-23(19-11-4-1-5-12-19,20-13-6-2-7-14-20)21-15-8-3-9-16-21;1-5(2,3)4/h2*1-9,11-16,22H,10,17-18H2;(H2,1,2,3,4)/q2*+1;/p-2. The van der Waals surface area contributed by atoms with Crippen LogP contribution in [-0.4, -0.2) is 53.3 Å². The van der Waals surface area contributed by atoms with Gasteiger partial charge in [-0.2, -0.15) is 0 Å². The summed E-state index contributed by atoms with van der Waals surface area (Å²) in [5.41, 5.74) is 0. The van der Waals surface area contributed by atoms with Crippen LogP contribution in [0.15, 0.2) is 182 Å². The quantitative estimate of drug-likeness (QED) is 0.0988. The van der Waals surface area contributed by atoms with Crippen LogP contribution >= 0.6 is 14.5 Å². The van der Waals surface area contributed by atoms with Gasteiger partial charge in [-0.3, -0.25) is 8.42 Å². The highest BCUT2D eigenvalue weighted by atomic mass is 32.3. The Bertz CT molecular complexity index is 1600. The Morgan fingerprint density at radius 1 is 0.373 bits per heavy atom. The summed E-state index contributed by atoms with van der Waals surface area (Å²) in [6.45, 7) is 0.461. The minimum atomic E-state index is -5.17. The lowest BCUT2D eigenvalue weighted by molar-refractivity contribution is 0.295. The van der Waals surface area contributed by atoms with E-state index in [9.17, 15) is 10.2 Å². The average molecular weight is 739 g/mol. The Labute approximate surface area is 303 Å². The van der Waals surface area contributed by atoms with E-state index in [1.165, 1.54) is 31.8 Å². The Balaban J connectivity index is 0.000000202. The molecule has 6 aromatic carbocycles. The molecule has 0 aliphatic rings. The summed E-state index contributed by atoms with van der Waals surface area (Å²) in [5.74, 6) is 0. The van der Waals surface area contributed by atoms with E-state index in [4.69, 9.17) is 17.5 Å². The van der Waals surface area contributed by atoms with E-state index >= 15 is 0 Å². The number of hydrogen-bond donors (Lipinski definition) is 2. The van der Waals surface area contributed by atoms with Gasteiger partial charge in [-0.25, -0.2) is 0 Å². The van der Waals surface area contributed by atoms with Crippen LogP contribution in [0.2, 0.25) is 0 Å². The molecule has 0 bridgehead atoms. The van der Waals surface area contributed by atoms with Crippen LogP contribution in [0.5, 0.6) is 0 Å². The molecule has 0 aliphatic heterocycles. The Morgan fingerprint density at radius 2 is 0.529 bits per heavy atom. The van der Waals surface area contributed by atoms with E-state index in [0.29, 0.717) is 0 Å². The molecule has 6 nitrogen and oxygen atoms in total. The molecular formula is C42H44O6P2S. The second-order valence-corrected chi connectivity index (χ2v) is 19.7. The third kappa shape index (κ3) is 11.0. The molecule has 0 heterocycles. The van der Waals surface area contributed by atoms with Crippen molar-refractivity contribution in [3.8, 4) is 0 Å². The summed E-state index contributed by atoms with van der Waals surface area (Å²) < 4.78 is 34.1. The van der Waals surface area contributed by atoms with Gasteiger partial charge >= 0.3 is 0 Å². The molecule has 9 heteroatoms. The number of hydrogen-bond acceptors (Lipinski definition) is 6. The lowest BCUT2D eigenvalue weighted by atomic mass is 10.4. The predicted octanol–water partition coefficient (Wildman–Crippen LogP) is 5.39. The topological polar surface area (TPSA) is 121 Å². The zero-order valence-electron chi connectivity index (χ0n) is 28.4. The largest absolute Gasteiger partial charge is 0.759 e. The normalized spacial score (nSPS) is 11.4. The molecule has 0 aromatic heterocycles. The van der Waals surface area contributed by atoms with E-state index < -0.39 is 24.9 Å². The van der Waals surface area contributed by atoms with E-state index in [1.54, 1.807) is 0 Å². The molecule has 0 saturated carbocycles. The van der Waals surface area contributed by atoms with Crippen molar-refractivity contribution in [3.63, 3.8) is 0 Å². The van der Waals surface area contributed by atoms with Crippen molar-refractivity contribution in [1.29, 1.82) is 0 Å².